The van der Waals surface area contributed by atoms with Gasteiger partial charge in [-0.25, -0.2) is 10.4 Å². The van der Waals surface area contributed by atoms with E-state index in [9.17, 15) is 0 Å². The van der Waals surface area contributed by atoms with Crippen LogP contribution in [0.15, 0.2) is 12.4 Å². The summed E-state index contributed by atoms with van der Waals surface area (Å²) < 4.78 is 7.55. The van der Waals surface area contributed by atoms with E-state index >= 15 is 0 Å². The van der Waals surface area contributed by atoms with Crippen LogP contribution in [0.3, 0.4) is 0 Å². The number of hydrogen-bond acceptors (Lipinski definition) is 4. The maximum Gasteiger partial charge on any atom is 0.130 e. The minimum absolute atomic E-state index is 0.126. The van der Waals surface area contributed by atoms with Gasteiger partial charge in [-0.15, -0.1) is 0 Å². The normalized spacial score (nSPS) is 14.1. The molecule has 1 aromatic heterocycles. The van der Waals surface area contributed by atoms with Crippen LogP contribution in [0.25, 0.3) is 0 Å². The van der Waals surface area contributed by atoms with Gasteiger partial charge in [-0.2, -0.15) is 0 Å². The SMILES string of the molecule is CCCn1ccnc1C(NN)C(C)(C)OC. The molecule has 0 amide bonds. The Morgan fingerprint density at radius 2 is 2.31 bits per heavy atom. The van der Waals surface area contributed by atoms with Gasteiger partial charge in [-0.3, -0.25) is 5.84 Å². The van der Waals surface area contributed by atoms with E-state index in [0.29, 0.717) is 0 Å². The molecule has 92 valence electrons. The summed E-state index contributed by atoms with van der Waals surface area (Å²) in [4.78, 5) is 4.36. The fourth-order valence-corrected chi connectivity index (χ4v) is 1.72. The van der Waals surface area contributed by atoms with Crippen LogP contribution in [0.2, 0.25) is 0 Å². The summed E-state index contributed by atoms with van der Waals surface area (Å²) in [6.07, 6.45) is 4.82. The van der Waals surface area contributed by atoms with Crippen LogP contribution >= 0.6 is 0 Å². The number of rotatable bonds is 6. The number of hydrazine groups is 1. The predicted octanol–water partition coefficient (Wildman–Crippen LogP) is 1.22. The van der Waals surface area contributed by atoms with E-state index in [0.717, 1.165) is 18.8 Å². The second kappa shape index (κ2) is 5.43. The highest BCUT2D eigenvalue weighted by Crippen LogP contribution is 2.26. The van der Waals surface area contributed by atoms with E-state index in [1.54, 1.807) is 13.3 Å². The van der Waals surface area contributed by atoms with Gasteiger partial charge in [0.25, 0.3) is 0 Å². The lowest BCUT2D eigenvalue weighted by Crippen LogP contribution is -2.45. The standard InChI is InChI=1S/C11H22N4O/c1-5-7-15-8-6-13-10(15)9(14-12)11(2,3)16-4/h6,8-9,14H,5,7,12H2,1-4H3. The van der Waals surface area contributed by atoms with Gasteiger partial charge < -0.3 is 9.30 Å². The molecule has 0 radical (unpaired) electrons. The van der Waals surface area contributed by atoms with E-state index < -0.39 is 5.60 Å². The first kappa shape index (κ1) is 13.2. The number of imidazole rings is 1. The van der Waals surface area contributed by atoms with Crippen LogP contribution in [-0.4, -0.2) is 22.3 Å². The number of hydrogen-bond donors (Lipinski definition) is 2. The van der Waals surface area contributed by atoms with Crippen molar-refractivity contribution < 1.29 is 4.74 Å². The molecule has 5 heteroatoms. The zero-order valence-electron chi connectivity index (χ0n) is 10.5. The molecule has 0 bridgehead atoms. The highest BCUT2D eigenvalue weighted by atomic mass is 16.5. The van der Waals surface area contributed by atoms with Crippen LogP contribution < -0.4 is 11.3 Å². The minimum Gasteiger partial charge on any atom is -0.377 e. The van der Waals surface area contributed by atoms with Gasteiger partial charge in [0.2, 0.25) is 0 Å². The highest BCUT2D eigenvalue weighted by molar-refractivity contribution is 5.05. The number of aryl methyl sites for hydroxylation is 1. The van der Waals surface area contributed by atoms with Gasteiger partial charge in [-0.1, -0.05) is 6.92 Å². The molecule has 1 unspecified atom stereocenters. The second-order valence-corrected chi connectivity index (χ2v) is 4.39. The van der Waals surface area contributed by atoms with Crippen molar-refractivity contribution in [2.75, 3.05) is 7.11 Å². The highest BCUT2D eigenvalue weighted by Gasteiger charge is 2.32. The first-order valence-electron chi connectivity index (χ1n) is 5.59. The van der Waals surface area contributed by atoms with Gasteiger partial charge in [0.05, 0.1) is 5.60 Å². The fraction of sp³-hybridized carbons (Fsp3) is 0.727. The summed E-state index contributed by atoms with van der Waals surface area (Å²) in [6.45, 7) is 7.05. The summed E-state index contributed by atoms with van der Waals surface area (Å²) in [5.74, 6) is 6.52. The molecule has 0 aromatic carbocycles. The van der Waals surface area contributed by atoms with Gasteiger partial charge in [0.15, 0.2) is 0 Å². The molecule has 0 aliphatic carbocycles. The number of nitrogens with one attached hydrogen (secondary N) is 1. The maximum absolute atomic E-state index is 5.61. The van der Waals surface area contributed by atoms with Crippen LogP contribution in [0.4, 0.5) is 0 Å². The zero-order valence-corrected chi connectivity index (χ0v) is 10.5. The summed E-state index contributed by atoms with van der Waals surface area (Å²) >= 11 is 0. The third-order valence-electron chi connectivity index (χ3n) is 2.86. The predicted molar refractivity (Wildman–Crippen MR) is 63.7 cm³/mol. The molecule has 1 rings (SSSR count). The van der Waals surface area contributed by atoms with Crippen LogP contribution in [0.1, 0.15) is 39.1 Å². The second-order valence-electron chi connectivity index (χ2n) is 4.39. The lowest BCUT2D eigenvalue weighted by molar-refractivity contribution is -0.0145. The zero-order chi connectivity index (χ0) is 12.2. The Labute approximate surface area is 97.0 Å². The largest absolute Gasteiger partial charge is 0.377 e. The topological polar surface area (TPSA) is 65.1 Å². The number of nitrogens with zero attached hydrogens (tertiary/aromatic N) is 2. The van der Waals surface area contributed by atoms with Crippen LogP contribution in [0.5, 0.6) is 0 Å². The summed E-state index contributed by atoms with van der Waals surface area (Å²) in [7, 11) is 1.68. The monoisotopic (exact) mass is 226 g/mol. The molecule has 0 spiro atoms. The van der Waals surface area contributed by atoms with Crippen molar-refractivity contribution in [2.45, 2.75) is 45.4 Å². The minimum atomic E-state index is -0.397. The molecule has 0 fully saturated rings. The number of nitrogens with two attached hydrogens (primary N) is 1. The molecule has 1 aromatic rings. The van der Waals surface area contributed by atoms with Crippen molar-refractivity contribution >= 4 is 0 Å². The van der Waals surface area contributed by atoms with Crippen molar-refractivity contribution in [3.63, 3.8) is 0 Å². The van der Waals surface area contributed by atoms with Crippen molar-refractivity contribution in [1.82, 2.24) is 15.0 Å². The summed E-state index contributed by atoms with van der Waals surface area (Å²) in [5.41, 5.74) is 2.39. The fourth-order valence-electron chi connectivity index (χ4n) is 1.72. The molecule has 0 aliphatic rings. The summed E-state index contributed by atoms with van der Waals surface area (Å²) in [5, 5.41) is 0. The Balaban J connectivity index is 2.99. The van der Waals surface area contributed by atoms with Gasteiger partial charge in [0, 0.05) is 26.0 Å². The van der Waals surface area contributed by atoms with E-state index in [2.05, 4.69) is 21.9 Å². The third kappa shape index (κ3) is 2.61. The van der Waals surface area contributed by atoms with E-state index in [-0.39, 0.29) is 6.04 Å². The smallest absolute Gasteiger partial charge is 0.130 e. The van der Waals surface area contributed by atoms with Crippen molar-refractivity contribution in [1.29, 1.82) is 0 Å². The first-order valence-corrected chi connectivity index (χ1v) is 5.59. The molecule has 16 heavy (non-hydrogen) atoms. The quantitative estimate of drug-likeness (QED) is 0.565. The lowest BCUT2D eigenvalue weighted by atomic mass is 9.98. The molecule has 1 heterocycles. The lowest BCUT2D eigenvalue weighted by Gasteiger charge is -2.32. The van der Waals surface area contributed by atoms with E-state index in [4.69, 9.17) is 10.6 Å². The Hall–Kier alpha value is -0.910. The van der Waals surface area contributed by atoms with Crippen molar-refractivity contribution in [3.05, 3.63) is 18.2 Å². The maximum atomic E-state index is 5.61. The average molecular weight is 226 g/mol. The van der Waals surface area contributed by atoms with Crippen LogP contribution in [0, 0.1) is 0 Å². The molecular formula is C11H22N4O. The third-order valence-corrected chi connectivity index (χ3v) is 2.86. The summed E-state index contributed by atoms with van der Waals surface area (Å²) in [6, 6.07) is -0.126. The average Bonchev–Trinajstić information content (AvgIpc) is 2.68. The van der Waals surface area contributed by atoms with Gasteiger partial charge in [-0.05, 0) is 20.3 Å². The van der Waals surface area contributed by atoms with Crippen molar-refractivity contribution in [2.24, 2.45) is 5.84 Å². The Bertz CT molecular complexity index is 322. The molecular weight excluding hydrogens is 204 g/mol. The Morgan fingerprint density at radius 1 is 1.62 bits per heavy atom. The van der Waals surface area contributed by atoms with Crippen LogP contribution in [-0.2, 0) is 11.3 Å². The number of aromatic nitrogens is 2. The van der Waals surface area contributed by atoms with E-state index in [1.807, 2.05) is 20.0 Å². The Morgan fingerprint density at radius 3 is 2.81 bits per heavy atom. The number of methoxy groups -OCH3 is 1. The van der Waals surface area contributed by atoms with E-state index in [1.165, 1.54) is 0 Å². The Kier molecular flexibility index (Phi) is 4.46. The molecule has 0 saturated heterocycles. The molecule has 0 aliphatic heterocycles. The molecule has 1 atom stereocenters. The molecule has 3 N–H and O–H groups in total. The van der Waals surface area contributed by atoms with Gasteiger partial charge in [0.1, 0.15) is 11.9 Å². The molecule has 0 saturated carbocycles. The first-order chi connectivity index (χ1) is 7.56. The molecule has 5 nitrogen and oxygen atoms in total. The van der Waals surface area contributed by atoms with Gasteiger partial charge >= 0.3 is 0 Å². The van der Waals surface area contributed by atoms with Crippen molar-refractivity contribution in [3.8, 4) is 0 Å². The number of ether oxygens (including phenoxy) is 1.